The second-order valence-electron chi connectivity index (χ2n) is 3.22. The summed E-state index contributed by atoms with van der Waals surface area (Å²) in [7, 11) is 0. The van der Waals surface area contributed by atoms with Crippen molar-refractivity contribution in [2.75, 3.05) is 0 Å². The van der Waals surface area contributed by atoms with Crippen molar-refractivity contribution in [1.29, 1.82) is 0 Å². The van der Waals surface area contributed by atoms with E-state index < -0.39 is 17.5 Å². The summed E-state index contributed by atoms with van der Waals surface area (Å²) in [6.45, 7) is 0. The van der Waals surface area contributed by atoms with Crippen LogP contribution in [0, 0.1) is 17.5 Å². The Morgan fingerprint density at radius 1 is 0.650 bits per heavy atom. The van der Waals surface area contributed by atoms with E-state index in [0.717, 1.165) is 12.1 Å². The van der Waals surface area contributed by atoms with Crippen LogP contribution in [0.2, 0.25) is 0 Å². The minimum absolute atomic E-state index is 0. The molecule has 0 aliphatic rings. The molecule has 0 heterocycles. The van der Waals surface area contributed by atoms with Crippen molar-refractivity contribution in [2.45, 2.75) is 14.9 Å². The van der Waals surface area contributed by atoms with Gasteiger partial charge in [0.25, 0.3) is 0 Å². The van der Waals surface area contributed by atoms with Crippen LogP contribution in [0.3, 0.4) is 0 Å². The van der Waals surface area contributed by atoms with Gasteiger partial charge in [-0.15, -0.1) is 0 Å². The van der Waals surface area contributed by atoms with Crippen molar-refractivity contribution in [2.24, 2.45) is 0 Å². The third-order valence-electron chi connectivity index (χ3n) is 1.67. The molecule has 6 heteroatoms. The summed E-state index contributed by atoms with van der Waals surface area (Å²) in [5.74, 6) is -1.65. The number of phenolic OH excluding ortho intramolecular Hbond substituents is 1. The molecule has 112 valence electrons. The molecule has 0 amide bonds. The molecule has 0 atom stereocenters. The van der Waals surface area contributed by atoms with E-state index in [1.807, 2.05) is 0 Å². The lowest BCUT2D eigenvalue weighted by Gasteiger charge is -1.91. The molecule has 0 radical (unpaired) electrons. The maximum atomic E-state index is 12.2. The van der Waals surface area contributed by atoms with Gasteiger partial charge in [0.2, 0.25) is 0 Å². The summed E-state index contributed by atoms with van der Waals surface area (Å²) in [5.41, 5.74) is 0. The van der Waals surface area contributed by atoms with Gasteiger partial charge in [-0.2, -0.15) is 0 Å². The van der Waals surface area contributed by atoms with Crippen LogP contribution in [0.5, 0.6) is 5.75 Å². The zero-order valence-electron chi connectivity index (χ0n) is 8.80. The average molecular weight is 416 g/mol. The summed E-state index contributed by atoms with van der Waals surface area (Å²) in [6, 6.07) is 6.96. The molecule has 2 aromatic carbocycles. The number of aromatic hydroxyl groups is 1. The summed E-state index contributed by atoms with van der Waals surface area (Å²) in [6.07, 6.45) is 0. The quantitative estimate of drug-likeness (QED) is 0.535. The van der Waals surface area contributed by atoms with Crippen LogP contribution in [0.15, 0.2) is 45.3 Å². The van der Waals surface area contributed by atoms with Gasteiger partial charge in [0.05, 0.1) is 0 Å². The van der Waals surface area contributed by atoms with Crippen molar-refractivity contribution in [1.82, 2.24) is 0 Å². The number of phenols is 1. The Bertz CT molecular complexity index is 397. The minimum Gasteiger partial charge on any atom is -0.508 e. The largest absolute Gasteiger partial charge is 0.508 e. The van der Waals surface area contributed by atoms with Crippen molar-refractivity contribution < 1.29 is 18.3 Å². The van der Waals surface area contributed by atoms with Crippen LogP contribution in [-0.4, -0.2) is 5.11 Å². The highest BCUT2D eigenvalue weighted by Crippen LogP contribution is 2.18. The van der Waals surface area contributed by atoms with Crippen LogP contribution in [-0.2, 0) is 0 Å². The first-order valence-electron chi connectivity index (χ1n) is 4.63. The zero-order chi connectivity index (χ0) is 13.7. The van der Waals surface area contributed by atoms with E-state index >= 15 is 0 Å². The number of halogens is 5. The van der Waals surface area contributed by atoms with E-state index in [4.69, 9.17) is 5.11 Å². The lowest BCUT2D eigenvalue weighted by Crippen LogP contribution is -1.77. The van der Waals surface area contributed by atoms with Gasteiger partial charge in [-0.05, 0) is 24.3 Å². The van der Waals surface area contributed by atoms with Gasteiger partial charge >= 0.3 is 0 Å². The van der Waals surface area contributed by atoms with Gasteiger partial charge < -0.3 is 5.11 Å². The average Bonchev–Trinajstić information content (AvgIpc) is 2.12. The summed E-state index contributed by atoms with van der Waals surface area (Å²) >= 11 is 5.95. The number of benzene rings is 2. The molecule has 0 saturated heterocycles. The normalized spacial score (nSPS) is 8.65. The molecule has 2 rings (SSSR count). The molecule has 0 unspecified atom stereocenters. The Balaban J connectivity index is 0. The first-order valence-corrected chi connectivity index (χ1v) is 6.22. The van der Waals surface area contributed by atoms with Crippen molar-refractivity contribution in [3.8, 4) is 5.75 Å². The van der Waals surface area contributed by atoms with Gasteiger partial charge in [-0.25, -0.2) is 13.2 Å². The predicted molar refractivity (Wildman–Crippen MR) is 83.3 cm³/mol. The van der Waals surface area contributed by atoms with Gasteiger partial charge in [0.1, 0.15) is 23.2 Å². The van der Waals surface area contributed by atoms with Gasteiger partial charge in [-0.1, -0.05) is 46.7 Å². The Morgan fingerprint density at radius 3 is 1.30 bits per heavy atom. The van der Waals surface area contributed by atoms with Crippen LogP contribution in [0.1, 0.15) is 14.9 Å². The molecule has 0 aliphatic heterocycles. The van der Waals surface area contributed by atoms with Crippen LogP contribution < -0.4 is 0 Å². The van der Waals surface area contributed by atoms with E-state index in [9.17, 15) is 13.2 Å². The molecule has 1 nitrogen and oxygen atoms in total. The fraction of sp³-hybridized carbons (Fsp3) is 0.143. The van der Waals surface area contributed by atoms with E-state index in [1.165, 1.54) is 24.3 Å². The number of rotatable bonds is 0. The van der Waals surface area contributed by atoms with Gasteiger partial charge in [0.15, 0.2) is 0 Å². The molecule has 0 fully saturated rings. The van der Waals surface area contributed by atoms with Gasteiger partial charge in [-0.3, -0.25) is 0 Å². The lowest BCUT2D eigenvalue weighted by atomic mass is 10.3. The minimum atomic E-state index is -0.568. The Labute approximate surface area is 133 Å². The Kier molecular flexibility index (Phi) is 10.5. The SMILES string of the molecule is C.C.Fc1cc(F)cc(Br)c1.Oc1cc(F)cc(Br)c1. The molecule has 0 bridgehead atoms. The highest BCUT2D eigenvalue weighted by atomic mass is 79.9. The highest BCUT2D eigenvalue weighted by molar-refractivity contribution is 9.10. The molecule has 0 saturated carbocycles. The smallest absolute Gasteiger partial charge is 0.128 e. The molecule has 0 aliphatic carbocycles. The van der Waals surface area contributed by atoms with Crippen LogP contribution in [0.25, 0.3) is 0 Å². The van der Waals surface area contributed by atoms with Crippen LogP contribution in [0.4, 0.5) is 13.2 Å². The second kappa shape index (κ2) is 9.83. The standard InChI is InChI=1S/C6H3BrF2.C6H4BrFO.2CH4/c2*7-4-1-5(8)3-6(9)2-4;;/h1-3H;1-3,9H;2*1H4. The third kappa shape index (κ3) is 8.22. The monoisotopic (exact) mass is 414 g/mol. The third-order valence-corrected chi connectivity index (χ3v) is 2.59. The molecule has 2 aromatic rings. The maximum absolute atomic E-state index is 12.2. The Hall–Kier alpha value is -1.01. The lowest BCUT2D eigenvalue weighted by molar-refractivity contribution is 0.468. The van der Waals surface area contributed by atoms with Gasteiger partial charge in [0, 0.05) is 21.1 Å². The van der Waals surface area contributed by atoms with E-state index in [0.29, 0.717) is 8.95 Å². The molecule has 20 heavy (non-hydrogen) atoms. The van der Waals surface area contributed by atoms with Crippen molar-refractivity contribution in [3.05, 3.63) is 62.8 Å². The van der Waals surface area contributed by atoms with Crippen molar-refractivity contribution in [3.63, 3.8) is 0 Å². The first-order chi connectivity index (χ1) is 8.36. The van der Waals surface area contributed by atoms with E-state index in [-0.39, 0.29) is 20.6 Å². The molecule has 1 N–H and O–H groups in total. The topological polar surface area (TPSA) is 20.2 Å². The molecule has 0 aromatic heterocycles. The predicted octanol–water partition coefficient (Wildman–Crippen LogP) is 6.29. The van der Waals surface area contributed by atoms with E-state index in [2.05, 4.69) is 31.9 Å². The summed E-state index contributed by atoms with van der Waals surface area (Å²) in [4.78, 5) is 0. The fourth-order valence-corrected chi connectivity index (χ4v) is 1.95. The second-order valence-corrected chi connectivity index (χ2v) is 5.05. The first kappa shape index (κ1) is 21.3. The summed E-state index contributed by atoms with van der Waals surface area (Å²) < 4.78 is 37.5. The Morgan fingerprint density at radius 2 is 1.00 bits per heavy atom. The molecular weight excluding hydrogens is 401 g/mol. The number of hydrogen-bond donors (Lipinski definition) is 1. The highest BCUT2D eigenvalue weighted by Gasteiger charge is 1.95. The fourth-order valence-electron chi connectivity index (χ4n) is 1.06. The van der Waals surface area contributed by atoms with Crippen molar-refractivity contribution >= 4 is 31.9 Å². The van der Waals surface area contributed by atoms with E-state index in [1.54, 1.807) is 0 Å². The summed E-state index contributed by atoms with van der Waals surface area (Å²) in [5, 5.41) is 8.72. The number of hydrogen-bond acceptors (Lipinski definition) is 1. The zero-order valence-corrected chi connectivity index (χ0v) is 12.0. The molecule has 0 spiro atoms. The maximum Gasteiger partial charge on any atom is 0.128 e. The van der Waals surface area contributed by atoms with Crippen LogP contribution >= 0.6 is 31.9 Å². The molecular formula is C14H15Br2F3O.